The summed E-state index contributed by atoms with van der Waals surface area (Å²) in [5.74, 6) is -0.439. The first-order valence-corrected chi connectivity index (χ1v) is 6.21. The highest BCUT2D eigenvalue weighted by atomic mass is 35.5. The van der Waals surface area contributed by atoms with Gasteiger partial charge in [0.2, 0.25) is 11.8 Å². The second-order valence-corrected chi connectivity index (χ2v) is 4.36. The van der Waals surface area contributed by atoms with E-state index in [2.05, 4.69) is 5.32 Å². The molecular weight excluding hydrogens is 268 g/mol. The Morgan fingerprint density at radius 3 is 2.47 bits per heavy atom. The minimum absolute atomic E-state index is 0.0271. The van der Waals surface area contributed by atoms with Gasteiger partial charge in [0.1, 0.15) is 6.54 Å². The Morgan fingerprint density at radius 2 is 1.95 bits per heavy atom. The van der Waals surface area contributed by atoms with E-state index >= 15 is 0 Å². The molecule has 0 unspecified atom stereocenters. The van der Waals surface area contributed by atoms with Gasteiger partial charge in [-0.1, -0.05) is 11.6 Å². The minimum atomic E-state index is -0.234. The van der Waals surface area contributed by atoms with Crippen LogP contribution in [0.3, 0.4) is 0 Å². The number of anilines is 1. The van der Waals surface area contributed by atoms with E-state index in [9.17, 15) is 9.59 Å². The molecule has 0 fully saturated rings. The fourth-order valence-corrected chi connectivity index (χ4v) is 1.62. The number of carbonyl (C=O) groups is 2. The number of ether oxygens (including phenoxy) is 1. The lowest BCUT2D eigenvalue weighted by Crippen LogP contribution is -2.40. The predicted molar refractivity (Wildman–Crippen MR) is 74.4 cm³/mol. The highest BCUT2D eigenvalue weighted by molar-refractivity contribution is 6.30. The number of methoxy groups -OCH3 is 1. The van der Waals surface area contributed by atoms with E-state index in [1.165, 1.54) is 11.8 Å². The third-order valence-electron chi connectivity index (χ3n) is 2.45. The van der Waals surface area contributed by atoms with Crippen LogP contribution in [0.1, 0.15) is 6.92 Å². The van der Waals surface area contributed by atoms with Crippen LogP contribution in [0.15, 0.2) is 24.3 Å². The van der Waals surface area contributed by atoms with E-state index in [-0.39, 0.29) is 18.4 Å². The highest BCUT2D eigenvalue weighted by Crippen LogP contribution is 2.17. The summed E-state index contributed by atoms with van der Waals surface area (Å²) >= 11 is 5.79. The average molecular weight is 285 g/mol. The van der Waals surface area contributed by atoms with Crippen LogP contribution >= 0.6 is 11.6 Å². The SMILES string of the molecule is COCCNC(=O)CN(C(C)=O)c1ccc(Cl)cc1. The molecule has 0 saturated carbocycles. The van der Waals surface area contributed by atoms with E-state index < -0.39 is 0 Å². The van der Waals surface area contributed by atoms with Gasteiger partial charge in [-0.25, -0.2) is 0 Å². The zero-order valence-corrected chi connectivity index (χ0v) is 11.7. The monoisotopic (exact) mass is 284 g/mol. The van der Waals surface area contributed by atoms with Gasteiger partial charge in [-0.05, 0) is 24.3 Å². The zero-order valence-electron chi connectivity index (χ0n) is 11.0. The van der Waals surface area contributed by atoms with Crippen molar-refractivity contribution in [3.8, 4) is 0 Å². The van der Waals surface area contributed by atoms with E-state index in [0.717, 1.165) is 0 Å². The van der Waals surface area contributed by atoms with Gasteiger partial charge >= 0.3 is 0 Å². The number of nitrogens with one attached hydrogen (secondary N) is 1. The second kappa shape index (κ2) is 7.76. The summed E-state index contributed by atoms with van der Waals surface area (Å²) in [6.07, 6.45) is 0. The fraction of sp³-hybridized carbons (Fsp3) is 0.385. The maximum Gasteiger partial charge on any atom is 0.240 e. The van der Waals surface area contributed by atoms with E-state index in [1.807, 2.05) is 0 Å². The summed E-state index contributed by atoms with van der Waals surface area (Å²) in [6, 6.07) is 6.75. The zero-order chi connectivity index (χ0) is 14.3. The van der Waals surface area contributed by atoms with Crippen LogP contribution in [0.4, 0.5) is 5.69 Å². The van der Waals surface area contributed by atoms with Crippen LogP contribution in [-0.4, -0.2) is 38.6 Å². The van der Waals surface area contributed by atoms with Crippen LogP contribution in [0, 0.1) is 0 Å². The van der Waals surface area contributed by atoms with Crippen molar-refractivity contribution in [3.05, 3.63) is 29.3 Å². The van der Waals surface area contributed by atoms with Crippen molar-refractivity contribution in [1.82, 2.24) is 5.32 Å². The molecule has 5 nitrogen and oxygen atoms in total. The van der Waals surface area contributed by atoms with Gasteiger partial charge in [0.05, 0.1) is 6.61 Å². The molecule has 0 saturated heterocycles. The summed E-state index contributed by atoms with van der Waals surface area (Å²) in [6.45, 7) is 2.24. The maximum absolute atomic E-state index is 11.7. The van der Waals surface area contributed by atoms with Gasteiger partial charge in [-0.3, -0.25) is 9.59 Å². The first kappa shape index (κ1) is 15.5. The highest BCUT2D eigenvalue weighted by Gasteiger charge is 2.15. The number of benzene rings is 1. The van der Waals surface area contributed by atoms with Gasteiger partial charge in [0, 0.05) is 31.3 Å². The molecule has 0 heterocycles. The van der Waals surface area contributed by atoms with Crippen LogP contribution in [0.5, 0.6) is 0 Å². The summed E-state index contributed by atoms with van der Waals surface area (Å²) < 4.78 is 4.83. The van der Waals surface area contributed by atoms with Crippen molar-refractivity contribution in [2.24, 2.45) is 0 Å². The normalized spacial score (nSPS) is 10.1. The topological polar surface area (TPSA) is 58.6 Å². The third kappa shape index (κ3) is 5.28. The molecule has 1 aromatic carbocycles. The number of halogens is 1. The smallest absolute Gasteiger partial charge is 0.240 e. The number of hydrogen-bond acceptors (Lipinski definition) is 3. The second-order valence-electron chi connectivity index (χ2n) is 3.92. The van der Waals surface area contributed by atoms with Crippen LogP contribution < -0.4 is 10.2 Å². The molecule has 0 radical (unpaired) electrons. The van der Waals surface area contributed by atoms with Crippen molar-refractivity contribution in [1.29, 1.82) is 0 Å². The van der Waals surface area contributed by atoms with Crippen LogP contribution in [-0.2, 0) is 14.3 Å². The van der Waals surface area contributed by atoms with E-state index in [1.54, 1.807) is 31.4 Å². The van der Waals surface area contributed by atoms with Crippen molar-refractivity contribution in [2.45, 2.75) is 6.92 Å². The molecule has 0 aliphatic rings. The molecule has 0 bridgehead atoms. The summed E-state index contributed by atoms with van der Waals surface area (Å²) in [4.78, 5) is 24.7. The molecule has 1 N–H and O–H groups in total. The Balaban J connectivity index is 2.65. The maximum atomic E-state index is 11.7. The molecule has 0 spiro atoms. The number of nitrogens with zero attached hydrogens (tertiary/aromatic N) is 1. The first-order chi connectivity index (χ1) is 9.04. The van der Waals surface area contributed by atoms with Crippen molar-refractivity contribution in [3.63, 3.8) is 0 Å². The number of carbonyl (C=O) groups excluding carboxylic acids is 2. The molecule has 0 atom stereocenters. The van der Waals surface area contributed by atoms with Gasteiger partial charge < -0.3 is 15.0 Å². The number of amides is 2. The molecule has 104 valence electrons. The molecule has 19 heavy (non-hydrogen) atoms. The van der Waals surface area contributed by atoms with Gasteiger partial charge in [0.15, 0.2) is 0 Å². The van der Waals surface area contributed by atoms with Crippen molar-refractivity contribution >= 4 is 29.1 Å². The Morgan fingerprint density at radius 1 is 1.32 bits per heavy atom. The summed E-state index contributed by atoms with van der Waals surface area (Å²) in [5, 5.41) is 3.25. The fourth-order valence-electron chi connectivity index (χ4n) is 1.50. The molecular formula is C13H17ClN2O3. The molecule has 0 aliphatic carbocycles. The Bertz CT molecular complexity index is 434. The largest absolute Gasteiger partial charge is 0.383 e. The Hall–Kier alpha value is -1.59. The minimum Gasteiger partial charge on any atom is -0.383 e. The van der Waals surface area contributed by atoms with Crippen molar-refractivity contribution in [2.75, 3.05) is 31.7 Å². The van der Waals surface area contributed by atoms with Crippen molar-refractivity contribution < 1.29 is 14.3 Å². The van der Waals surface area contributed by atoms with E-state index in [4.69, 9.17) is 16.3 Å². The lowest BCUT2D eigenvalue weighted by Gasteiger charge is -2.20. The summed E-state index contributed by atoms with van der Waals surface area (Å²) in [5.41, 5.74) is 0.638. The van der Waals surface area contributed by atoms with Crippen LogP contribution in [0.25, 0.3) is 0 Å². The molecule has 0 aliphatic heterocycles. The number of hydrogen-bond donors (Lipinski definition) is 1. The standard InChI is InChI=1S/C13H17ClN2O3/c1-10(17)16(9-13(18)15-7-8-19-2)12-5-3-11(14)4-6-12/h3-6H,7-9H2,1-2H3,(H,15,18). The average Bonchev–Trinajstić information content (AvgIpc) is 2.37. The van der Waals surface area contributed by atoms with Gasteiger partial charge in [0.25, 0.3) is 0 Å². The third-order valence-corrected chi connectivity index (χ3v) is 2.70. The predicted octanol–water partition coefficient (Wildman–Crippen LogP) is 1.46. The Labute approximate surface area is 117 Å². The van der Waals surface area contributed by atoms with E-state index in [0.29, 0.717) is 23.9 Å². The quantitative estimate of drug-likeness (QED) is 0.805. The first-order valence-electron chi connectivity index (χ1n) is 5.84. The molecule has 0 aromatic heterocycles. The Kier molecular flexibility index (Phi) is 6.32. The van der Waals surface area contributed by atoms with Gasteiger partial charge in [-0.15, -0.1) is 0 Å². The lowest BCUT2D eigenvalue weighted by atomic mass is 10.2. The number of rotatable bonds is 6. The summed E-state index contributed by atoms with van der Waals surface area (Å²) in [7, 11) is 1.56. The molecule has 2 amide bonds. The molecule has 1 rings (SSSR count). The van der Waals surface area contributed by atoms with Crippen LogP contribution in [0.2, 0.25) is 5.02 Å². The lowest BCUT2D eigenvalue weighted by molar-refractivity contribution is -0.123. The molecule has 6 heteroatoms. The van der Waals surface area contributed by atoms with Gasteiger partial charge in [-0.2, -0.15) is 0 Å². The molecule has 1 aromatic rings.